The lowest BCUT2D eigenvalue weighted by molar-refractivity contribution is 0.0667. The van der Waals surface area contributed by atoms with Crippen LogP contribution in [0.5, 0.6) is 0 Å². The molecule has 2 N–H and O–H groups in total. The molecule has 28 heavy (non-hydrogen) atoms. The molecule has 7 nitrogen and oxygen atoms in total. The number of carbonyl (C=O) groups is 2. The maximum Gasteiger partial charge on any atom is 0.273 e. The quantitative estimate of drug-likeness (QED) is 0.703. The molecule has 0 spiro atoms. The van der Waals surface area contributed by atoms with Gasteiger partial charge in [0.25, 0.3) is 5.91 Å². The minimum atomic E-state index is -0.609. The van der Waals surface area contributed by atoms with Gasteiger partial charge in [-0.3, -0.25) is 14.6 Å². The standard InChI is InChI=1S/C20H18FN5O2/c21-13-6-8-14(9-7-13)26-19(22)15(12-24-26)18(27)17-5-3-11-25(17)20(28)16-4-1-2-10-23-16/h1-2,4,6-10,12,17H,3,5,11,22H2/t17-/m1/s1. The Balaban J connectivity index is 1.60. The molecule has 1 amide bonds. The lowest BCUT2D eigenvalue weighted by Gasteiger charge is -2.23. The average Bonchev–Trinajstić information content (AvgIpc) is 3.35. The summed E-state index contributed by atoms with van der Waals surface area (Å²) in [5.74, 6) is -0.747. The number of anilines is 1. The number of hydrogen-bond acceptors (Lipinski definition) is 5. The van der Waals surface area contributed by atoms with Crippen LogP contribution in [0.2, 0.25) is 0 Å². The first-order valence-electron chi connectivity index (χ1n) is 8.92. The minimum Gasteiger partial charge on any atom is -0.383 e. The van der Waals surface area contributed by atoms with Gasteiger partial charge < -0.3 is 10.6 Å². The van der Waals surface area contributed by atoms with E-state index < -0.39 is 6.04 Å². The molecule has 1 saturated heterocycles. The summed E-state index contributed by atoms with van der Waals surface area (Å²) in [6.45, 7) is 0.484. The first kappa shape index (κ1) is 17.8. The molecule has 0 aliphatic carbocycles. The largest absolute Gasteiger partial charge is 0.383 e. The normalized spacial score (nSPS) is 16.3. The van der Waals surface area contributed by atoms with Crippen molar-refractivity contribution in [1.29, 1.82) is 0 Å². The number of rotatable bonds is 4. The number of amides is 1. The van der Waals surface area contributed by atoms with Gasteiger partial charge >= 0.3 is 0 Å². The van der Waals surface area contributed by atoms with E-state index in [1.807, 2.05) is 0 Å². The molecule has 0 radical (unpaired) electrons. The van der Waals surface area contributed by atoms with Crippen molar-refractivity contribution in [1.82, 2.24) is 19.7 Å². The zero-order chi connectivity index (χ0) is 19.7. The number of aromatic nitrogens is 3. The van der Waals surface area contributed by atoms with Crippen LogP contribution in [-0.4, -0.2) is 43.9 Å². The summed E-state index contributed by atoms with van der Waals surface area (Å²) in [5, 5.41) is 4.17. The fourth-order valence-electron chi connectivity index (χ4n) is 3.43. The molecular weight excluding hydrogens is 361 g/mol. The monoisotopic (exact) mass is 379 g/mol. The SMILES string of the molecule is Nc1c(C(=O)[C@H]2CCCN2C(=O)c2ccccn2)cnn1-c1ccc(F)cc1. The van der Waals surface area contributed by atoms with Crippen LogP contribution in [0, 0.1) is 5.82 Å². The van der Waals surface area contributed by atoms with E-state index in [0.29, 0.717) is 24.3 Å². The van der Waals surface area contributed by atoms with Crippen LogP contribution in [0.1, 0.15) is 33.7 Å². The van der Waals surface area contributed by atoms with E-state index in [0.717, 1.165) is 6.42 Å². The predicted octanol–water partition coefficient (Wildman–Crippen LogP) is 2.48. The van der Waals surface area contributed by atoms with Crippen molar-refractivity contribution in [2.45, 2.75) is 18.9 Å². The van der Waals surface area contributed by atoms with Crippen LogP contribution in [0.3, 0.4) is 0 Å². The van der Waals surface area contributed by atoms with Crippen molar-refractivity contribution >= 4 is 17.5 Å². The second kappa shape index (κ2) is 7.22. The Kier molecular flexibility index (Phi) is 4.60. The molecule has 0 bridgehead atoms. The zero-order valence-electron chi connectivity index (χ0n) is 15.0. The number of nitrogens with two attached hydrogens (primary N) is 1. The molecule has 0 unspecified atom stereocenters. The highest BCUT2D eigenvalue weighted by Gasteiger charge is 2.36. The summed E-state index contributed by atoms with van der Waals surface area (Å²) < 4.78 is 14.5. The van der Waals surface area contributed by atoms with E-state index in [2.05, 4.69) is 10.1 Å². The van der Waals surface area contributed by atoms with Gasteiger partial charge in [-0.2, -0.15) is 5.10 Å². The summed E-state index contributed by atoms with van der Waals surface area (Å²) in [5.41, 5.74) is 7.24. The van der Waals surface area contributed by atoms with E-state index in [4.69, 9.17) is 5.73 Å². The van der Waals surface area contributed by atoms with Crippen LogP contribution in [0.4, 0.5) is 10.2 Å². The zero-order valence-corrected chi connectivity index (χ0v) is 15.0. The number of halogens is 1. The van der Waals surface area contributed by atoms with Crippen LogP contribution in [-0.2, 0) is 0 Å². The van der Waals surface area contributed by atoms with Gasteiger partial charge in [0, 0.05) is 12.7 Å². The molecule has 3 heterocycles. The second-order valence-corrected chi connectivity index (χ2v) is 6.57. The number of pyridine rings is 1. The highest BCUT2D eigenvalue weighted by molar-refractivity contribution is 6.06. The first-order valence-corrected chi connectivity index (χ1v) is 8.92. The Morgan fingerprint density at radius 2 is 1.93 bits per heavy atom. The van der Waals surface area contributed by atoms with Crippen LogP contribution in [0.15, 0.2) is 54.9 Å². The molecule has 142 valence electrons. The molecule has 1 aliphatic rings. The summed E-state index contributed by atoms with van der Waals surface area (Å²) >= 11 is 0. The van der Waals surface area contributed by atoms with Crippen LogP contribution >= 0.6 is 0 Å². The van der Waals surface area contributed by atoms with Crippen molar-refractivity contribution in [3.8, 4) is 5.69 Å². The molecule has 1 aliphatic heterocycles. The number of Topliss-reactive ketones (excluding diaryl/α,β-unsaturated/α-hetero) is 1. The van der Waals surface area contributed by atoms with Gasteiger partial charge in [-0.15, -0.1) is 0 Å². The molecule has 2 aromatic heterocycles. The maximum absolute atomic E-state index is 13.1. The Labute approximate surface area is 160 Å². The molecule has 1 fully saturated rings. The lowest BCUT2D eigenvalue weighted by Crippen LogP contribution is -2.41. The van der Waals surface area contributed by atoms with Crippen molar-refractivity contribution in [2.75, 3.05) is 12.3 Å². The predicted molar refractivity (Wildman–Crippen MR) is 101 cm³/mol. The van der Waals surface area contributed by atoms with Gasteiger partial charge in [-0.25, -0.2) is 9.07 Å². The Morgan fingerprint density at radius 1 is 1.14 bits per heavy atom. The lowest BCUT2D eigenvalue weighted by atomic mass is 10.0. The van der Waals surface area contributed by atoms with Crippen LogP contribution in [0.25, 0.3) is 5.69 Å². The molecule has 1 atom stereocenters. The van der Waals surface area contributed by atoms with E-state index in [9.17, 15) is 14.0 Å². The summed E-state index contributed by atoms with van der Waals surface area (Å²) in [6, 6.07) is 10.1. The fraction of sp³-hybridized carbons (Fsp3) is 0.200. The van der Waals surface area contributed by atoms with Gasteiger partial charge in [0.05, 0.1) is 23.5 Å². The third-order valence-electron chi connectivity index (χ3n) is 4.84. The van der Waals surface area contributed by atoms with Gasteiger partial charge in [-0.1, -0.05) is 6.07 Å². The highest BCUT2D eigenvalue weighted by atomic mass is 19.1. The number of likely N-dealkylation sites (tertiary alicyclic amines) is 1. The minimum absolute atomic E-state index is 0.161. The molecule has 4 rings (SSSR count). The Hall–Kier alpha value is -3.55. The van der Waals surface area contributed by atoms with Gasteiger partial charge in [0.15, 0.2) is 5.78 Å². The summed E-state index contributed by atoms with van der Waals surface area (Å²) in [6.07, 6.45) is 4.22. The van der Waals surface area contributed by atoms with Crippen molar-refractivity contribution in [2.24, 2.45) is 0 Å². The maximum atomic E-state index is 13.1. The van der Waals surface area contributed by atoms with Crippen molar-refractivity contribution < 1.29 is 14.0 Å². The average molecular weight is 379 g/mol. The smallest absolute Gasteiger partial charge is 0.273 e. The van der Waals surface area contributed by atoms with Gasteiger partial charge in [0.2, 0.25) is 0 Å². The topological polar surface area (TPSA) is 94.1 Å². The van der Waals surface area contributed by atoms with E-state index in [1.54, 1.807) is 29.3 Å². The number of carbonyl (C=O) groups excluding carboxylic acids is 2. The molecule has 8 heteroatoms. The fourth-order valence-corrected chi connectivity index (χ4v) is 3.43. The van der Waals surface area contributed by atoms with Gasteiger partial charge in [-0.05, 0) is 49.2 Å². The van der Waals surface area contributed by atoms with Crippen molar-refractivity contribution in [3.63, 3.8) is 0 Å². The third kappa shape index (κ3) is 3.13. The molecule has 0 saturated carbocycles. The van der Waals surface area contributed by atoms with Gasteiger partial charge in [0.1, 0.15) is 17.3 Å². The number of nitrogens with zero attached hydrogens (tertiary/aromatic N) is 4. The summed E-state index contributed by atoms with van der Waals surface area (Å²) in [4.78, 5) is 31.5. The highest BCUT2D eigenvalue weighted by Crippen LogP contribution is 2.26. The van der Waals surface area contributed by atoms with Crippen molar-refractivity contribution in [3.05, 3.63) is 71.9 Å². The number of benzene rings is 1. The summed E-state index contributed by atoms with van der Waals surface area (Å²) in [7, 11) is 0. The Morgan fingerprint density at radius 3 is 2.64 bits per heavy atom. The third-order valence-corrected chi connectivity index (χ3v) is 4.84. The number of nitrogen functional groups attached to an aromatic ring is 1. The van der Waals surface area contributed by atoms with Crippen LogP contribution < -0.4 is 5.73 Å². The number of hydrogen-bond donors (Lipinski definition) is 1. The molecular formula is C20H18FN5O2. The number of ketones is 1. The van der Waals surface area contributed by atoms with E-state index in [-0.39, 0.29) is 28.9 Å². The Bertz CT molecular complexity index is 1020. The van der Waals surface area contributed by atoms with E-state index >= 15 is 0 Å². The van der Waals surface area contributed by atoms with E-state index in [1.165, 1.54) is 35.1 Å². The second-order valence-electron chi connectivity index (χ2n) is 6.57. The molecule has 3 aromatic rings. The molecule has 1 aromatic carbocycles. The first-order chi connectivity index (χ1) is 13.6.